The molecule has 0 spiro atoms. The molecule has 0 radical (unpaired) electrons. The number of hydrogen-bond donors (Lipinski definition) is 1. The van der Waals surface area contributed by atoms with Gasteiger partial charge in [0, 0.05) is 0 Å². The Bertz CT molecular complexity index is 432. The number of halogens is 6. The highest BCUT2D eigenvalue weighted by molar-refractivity contribution is 7.85. The standard InChI is InChI=1S/C7H2F6OS2/c8-1-3(10)6(16(14)7(12)13)4(11)2(9)5(1)15/h7,15H. The highest BCUT2D eigenvalue weighted by atomic mass is 32.2. The summed E-state index contributed by atoms with van der Waals surface area (Å²) in [7, 11) is -3.48. The second-order valence-corrected chi connectivity index (χ2v) is 4.30. The lowest BCUT2D eigenvalue weighted by Gasteiger charge is -2.08. The van der Waals surface area contributed by atoms with Crippen LogP contribution in [0.25, 0.3) is 0 Å². The Morgan fingerprint density at radius 1 is 0.938 bits per heavy atom. The molecule has 0 amide bonds. The van der Waals surface area contributed by atoms with E-state index in [0.717, 1.165) is 0 Å². The van der Waals surface area contributed by atoms with Crippen LogP contribution in [0.5, 0.6) is 0 Å². The molecule has 0 aromatic heterocycles. The molecule has 1 rings (SSSR count). The molecule has 0 N–H and O–H groups in total. The summed E-state index contributed by atoms with van der Waals surface area (Å²) in [5.74, 6) is -11.9. The van der Waals surface area contributed by atoms with Crippen LogP contribution in [-0.4, -0.2) is 9.97 Å². The summed E-state index contributed by atoms with van der Waals surface area (Å²) in [6, 6.07) is 0. The topological polar surface area (TPSA) is 17.1 Å². The van der Waals surface area contributed by atoms with E-state index in [2.05, 4.69) is 12.6 Å². The van der Waals surface area contributed by atoms with E-state index >= 15 is 0 Å². The summed E-state index contributed by atoms with van der Waals surface area (Å²) < 4.78 is 86.2. The predicted octanol–water partition coefficient (Wildman–Crippen LogP) is 2.86. The minimum atomic E-state index is -3.66. The van der Waals surface area contributed by atoms with E-state index in [1.807, 2.05) is 0 Å². The third-order valence-corrected chi connectivity index (χ3v) is 3.04. The van der Waals surface area contributed by atoms with Crippen molar-refractivity contribution in [2.24, 2.45) is 0 Å². The van der Waals surface area contributed by atoms with Crippen LogP contribution in [0.1, 0.15) is 0 Å². The van der Waals surface area contributed by atoms with Crippen molar-refractivity contribution in [1.82, 2.24) is 0 Å². The molecule has 0 aliphatic rings. The Labute approximate surface area is 93.3 Å². The second kappa shape index (κ2) is 4.66. The van der Waals surface area contributed by atoms with Crippen LogP contribution in [0.15, 0.2) is 9.79 Å². The molecule has 0 aliphatic heterocycles. The van der Waals surface area contributed by atoms with Gasteiger partial charge in [0.1, 0.15) is 15.7 Å². The Morgan fingerprint density at radius 2 is 1.31 bits per heavy atom. The summed E-state index contributed by atoms with van der Waals surface area (Å²) in [5.41, 5.74) is 0. The first-order valence-electron chi connectivity index (χ1n) is 3.52. The molecule has 1 aromatic rings. The van der Waals surface area contributed by atoms with Crippen LogP contribution in [-0.2, 0) is 10.8 Å². The molecule has 0 aliphatic carbocycles. The lowest BCUT2D eigenvalue weighted by Crippen LogP contribution is -2.11. The van der Waals surface area contributed by atoms with E-state index in [1.165, 1.54) is 0 Å². The highest BCUT2D eigenvalue weighted by Gasteiger charge is 2.31. The van der Waals surface area contributed by atoms with Gasteiger partial charge in [-0.3, -0.25) is 0 Å². The molecule has 1 atom stereocenters. The summed E-state index contributed by atoms with van der Waals surface area (Å²) in [5, 5.41) is 0. The highest BCUT2D eigenvalue weighted by Crippen LogP contribution is 2.30. The molecule has 0 heterocycles. The Morgan fingerprint density at radius 3 is 1.62 bits per heavy atom. The minimum absolute atomic E-state index is 1.30. The third-order valence-electron chi connectivity index (χ3n) is 1.56. The molecule has 16 heavy (non-hydrogen) atoms. The van der Waals surface area contributed by atoms with Gasteiger partial charge in [-0.2, -0.15) is 8.78 Å². The first kappa shape index (κ1) is 13.4. The van der Waals surface area contributed by atoms with Crippen molar-refractivity contribution in [2.75, 3.05) is 0 Å². The van der Waals surface area contributed by atoms with E-state index in [-0.39, 0.29) is 0 Å². The maximum Gasteiger partial charge on any atom is 0.316 e. The molecule has 90 valence electrons. The molecule has 1 nitrogen and oxygen atoms in total. The van der Waals surface area contributed by atoms with E-state index in [1.54, 1.807) is 0 Å². The van der Waals surface area contributed by atoms with Crippen LogP contribution in [0.2, 0.25) is 0 Å². The SMILES string of the molecule is O=S(c1c(F)c(F)c(S)c(F)c1F)C(F)F. The van der Waals surface area contributed by atoms with Gasteiger partial charge < -0.3 is 0 Å². The summed E-state index contributed by atoms with van der Waals surface area (Å²) >= 11 is 3.10. The monoisotopic (exact) mass is 280 g/mol. The molecule has 1 aromatic carbocycles. The van der Waals surface area contributed by atoms with Crippen molar-refractivity contribution in [2.45, 2.75) is 15.5 Å². The Kier molecular flexibility index (Phi) is 3.89. The van der Waals surface area contributed by atoms with Crippen molar-refractivity contribution < 1.29 is 30.6 Å². The third kappa shape index (κ3) is 2.05. The lowest BCUT2D eigenvalue weighted by atomic mass is 10.3. The molecular weight excluding hydrogens is 278 g/mol. The van der Waals surface area contributed by atoms with Crippen LogP contribution < -0.4 is 0 Å². The fraction of sp³-hybridized carbons (Fsp3) is 0.143. The number of alkyl halides is 2. The number of rotatable bonds is 2. The molecule has 0 saturated heterocycles. The second-order valence-electron chi connectivity index (χ2n) is 2.49. The fourth-order valence-corrected chi connectivity index (χ4v) is 1.77. The van der Waals surface area contributed by atoms with Crippen LogP contribution in [0.3, 0.4) is 0 Å². The van der Waals surface area contributed by atoms with E-state index in [9.17, 15) is 30.6 Å². The van der Waals surface area contributed by atoms with Crippen molar-refractivity contribution in [3.8, 4) is 0 Å². The van der Waals surface area contributed by atoms with Gasteiger partial charge in [0.05, 0.1) is 4.90 Å². The molecular formula is C7H2F6OS2. The van der Waals surface area contributed by atoms with E-state index < -0.39 is 49.6 Å². The summed E-state index contributed by atoms with van der Waals surface area (Å²) in [6.07, 6.45) is 0. The van der Waals surface area contributed by atoms with Gasteiger partial charge in [0.25, 0.3) is 0 Å². The van der Waals surface area contributed by atoms with Gasteiger partial charge in [-0.1, -0.05) is 0 Å². The van der Waals surface area contributed by atoms with Crippen LogP contribution in [0, 0.1) is 23.3 Å². The first-order chi connectivity index (χ1) is 7.29. The minimum Gasteiger partial charge on any atom is -0.248 e. The summed E-state index contributed by atoms with van der Waals surface area (Å²) in [6.45, 7) is 0. The first-order valence-corrected chi connectivity index (χ1v) is 5.18. The van der Waals surface area contributed by atoms with Gasteiger partial charge in [-0.15, -0.1) is 12.6 Å². The largest absolute Gasteiger partial charge is 0.316 e. The van der Waals surface area contributed by atoms with Crippen molar-refractivity contribution in [1.29, 1.82) is 0 Å². The predicted molar refractivity (Wildman–Crippen MR) is 45.9 cm³/mol. The van der Waals surface area contributed by atoms with Gasteiger partial charge >= 0.3 is 5.76 Å². The normalized spacial score (nSPS) is 13.2. The van der Waals surface area contributed by atoms with Crippen molar-refractivity contribution in [3.05, 3.63) is 23.3 Å². The molecule has 0 fully saturated rings. The number of thiol groups is 1. The van der Waals surface area contributed by atoms with E-state index in [0.29, 0.717) is 0 Å². The van der Waals surface area contributed by atoms with Gasteiger partial charge in [0.15, 0.2) is 23.3 Å². The molecule has 1 unspecified atom stereocenters. The van der Waals surface area contributed by atoms with Crippen LogP contribution >= 0.6 is 12.6 Å². The van der Waals surface area contributed by atoms with Crippen LogP contribution in [0.4, 0.5) is 26.3 Å². The number of benzene rings is 1. The number of hydrogen-bond acceptors (Lipinski definition) is 2. The smallest absolute Gasteiger partial charge is 0.248 e. The average Bonchev–Trinajstić information content (AvgIpc) is 2.23. The van der Waals surface area contributed by atoms with Gasteiger partial charge in [-0.05, 0) is 0 Å². The van der Waals surface area contributed by atoms with E-state index in [4.69, 9.17) is 0 Å². The Hall–Kier alpha value is -0.700. The molecule has 0 saturated carbocycles. The zero-order valence-corrected chi connectivity index (χ0v) is 8.82. The maximum atomic E-state index is 13.0. The molecule has 9 heteroatoms. The van der Waals surface area contributed by atoms with Crippen molar-refractivity contribution in [3.63, 3.8) is 0 Å². The zero-order chi connectivity index (χ0) is 12.6. The molecule has 0 bridgehead atoms. The van der Waals surface area contributed by atoms with Gasteiger partial charge in [0.2, 0.25) is 0 Å². The fourth-order valence-electron chi connectivity index (χ4n) is 0.866. The maximum absolute atomic E-state index is 13.0. The zero-order valence-electron chi connectivity index (χ0n) is 7.11. The Balaban J connectivity index is 3.58. The van der Waals surface area contributed by atoms with Gasteiger partial charge in [-0.25, -0.2) is 21.8 Å². The average molecular weight is 280 g/mol. The quantitative estimate of drug-likeness (QED) is 0.501. The van der Waals surface area contributed by atoms with Crippen molar-refractivity contribution >= 4 is 23.4 Å². The summed E-state index contributed by atoms with van der Waals surface area (Å²) in [4.78, 5) is -3.13. The lowest BCUT2D eigenvalue weighted by molar-refractivity contribution is 0.242.